The molecule has 2 fully saturated rings. The molecule has 1 aliphatic heterocycles. The second kappa shape index (κ2) is 15.9. The number of aromatic nitrogens is 1. The summed E-state index contributed by atoms with van der Waals surface area (Å²) in [7, 11) is 0. The highest BCUT2D eigenvalue weighted by Crippen LogP contribution is 2.58. The molecule has 290 valence electrons. The van der Waals surface area contributed by atoms with Crippen molar-refractivity contribution >= 4 is 23.2 Å². The number of anilines is 1. The van der Waals surface area contributed by atoms with E-state index in [4.69, 9.17) is 9.98 Å². The molecule has 0 amide bonds. The Balaban J connectivity index is 1.02. The van der Waals surface area contributed by atoms with Crippen LogP contribution in [0.15, 0.2) is 149 Å². The van der Waals surface area contributed by atoms with Crippen molar-refractivity contribution < 1.29 is 0 Å². The van der Waals surface area contributed by atoms with E-state index >= 15 is 0 Å². The Kier molecular flexibility index (Phi) is 10.0. The number of aliphatic imine (C=N–C) groups is 1. The predicted octanol–water partition coefficient (Wildman–Crippen LogP) is 11.2. The normalized spacial score (nSPS) is 31.0. The van der Waals surface area contributed by atoms with Crippen LogP contribution in [0.3, 0.4) is 0 Å². The Morgan fingerprint density at radius 2 is 1.36 bits per heavy atom. The average molecular weight is 761 g/mol. The van der Waals surface area contributed by atoms with Gasteiger partial charge in [0.2, 0.25) is 0 Å². The lowest BCUT2D eigenvalue weighted by molar-refractivity contribution is 0.0334. The van der Waals surface area contributed by atoms with Gasteiger partial charge in [0.25, 0.3) is 0 Å². The van der Waals surface area contributed by atoms with Crippen LogP contribution in [-0.4, -0.2) is 34.3 Å². The van der Waals surface area contributed by atoms with Crippen LogP contribution >= 0.6 is 0 Å². The quantitative estimate of drug-likeness (QED) is 0.228. The standard InChI is InChI=1S/C52H52N6/c53-33-41-31-39(35-11-3-1-4-12-35)21-25-45(41)57(49-15-7-9-29-55-49)47-27-19-37-18-24-44-48(28-20-38-17-23-43(47)51(37)52(38)44)58(50-16-8-10-30-56-50)46-26-22-40(32-42(46)34-54)36-13-5-2-6-14-36/h1-7,9,11-15,18,21-22,24-26,29-30,38,41-44,47-48,50,52H,8,10,16-17,19-20,23,27-28,31-32H2. The Morgan fingerprint density at radius 3 is 2.03 bits per heavy atom. The van der Waals surface area contributed by atoms with Gasteiger partial charge in [-0.3, -0.25) is 4.99 Å². The molecule has 6 heteroatoms. The maximum Gasteiger partial charge on any atom is 0.132 e. The minimum atomic E-state index is -0.259. The van der Waals surface area contributed by atoms with Crippen molar-refractivity contribution in [3.8, 4) is 12.1 Å². The zero-order chi connectivity index (χ0) is 39.0. The molecule has 0 spiro atoms. The minimum Gasteiger partial charge on any atom is -0.348 e. The van der Waals surface area contributed by atoms with Gasteiger partial charge in [0.05, 0.1) is 24.0 Å². The first-order chi connectivity index (χ1) is 28.7. The molecule has 7 aliphatic rings. The third-order valence-electron chi connectivity index (χ3n) is 14.5. The summed E-state index contributed by atoms with van der Waals surface area (Å²) < 4.78 is 0. The smallest absolute Gasteiger partial charge is 0.132 e. The van der Waals surface area contributed by atoms with Crippen molar-refractivity contribution in [1.82, 2.24) is 9.88 Å². The van der Waals surface area contributed by atoms with Gasteiger partial charge in [-0.05, 0) is 135 Å². The lowest BCUT2D eigenvalue weighted by Gasteiger charge is -2.57. The van der Waals surface area contributed by atoms with E-state index in [1.54, 1.807) is 11.1 Å². The van der Waals surface area contributed by atoms with Crippen molar-refractivity contribution in [3.63, 3.8) is 0 Å². The van der Waals surface area contributed by atoms with Crippen molar-refractivity contribution in [2.45, 2.75) is 88.9 Å². The van der Waals surface area contributed by atoms with Gasteiger partial charge in [-0.1, -0.05) is 96.6 Å². The highest BCUT2D eigenvalue weighted by Gasteiger charge is 2.53. The predicted molar refractivity (Wildman–Crippen MR) is 233 cm³/mol. The van der Waals surface area contributed by atoms with Gasteiger partial charge in [0.15, 0.2) is 0 Å². The van der Waals surface area contributed by atoms with Crippen molar-refractivity contribution in [3.05, 3.63) is 155 Å². The van der Waals surface area contributed by atoms with E-state index < -0.39 is 0 Å². The second-order valence-corrected chi connectivity index (χ2v) is 17.4. The van der Waals surface area contributed by atoms with Gasteiger partial charge < -0.3 is 9.80 Å². The molecule has 0 bridgehead atoms. The number of pyridine rings is 1. The Bertz CT molecular complexity index is 2320. The van der Waals surface area contributed by atoms with Gasteiger partial charge in [0.1, 0.15) is 12.0 Å². The Hall–Kier alpha value is -5.72. The molecule has 0 radical (unpaired) electrons. The van der Waals surface area contributed by atoms with Crippen LogP contribution in [0.4, 0.5) is 5.82 Å². The Labute approximate surface area is 344 Å². The van der Waals surface area contributed by atoms with E-state index in [1.165, 1.54) is 41.5 Å². The van der Waals surface area contributed by atoms with Gasteiger partial charge in [-0.2, -0.15) is 10.5 Å². The summed E-state index contributed by atoms with van der Waals surface area (Å²) in [5.41, 5.74) is 10.3. The van der Waals surface area contributed by atoms with E-state index in [0.29, 0.717) is 30.1 Å². The van der Waals surface area contributed by atoms with Crippen molar-refractivity contribution in [2.24, 2.45) is 40.5 Å². The molecular weight excluding hydrogens is 709 g/mol. The summed E-state index contributed by atoms with van der Waals surface area (Å²) in [6.07, 6.45) is 29.6. The number of nitrogens with zero attached hydrogens (tertiary/aromatic N) is 6. The summed E-state index contributed by atoms with van der Waals surface area (Å²) >= 11 is 0. The summed E-state index contributed by atoms with van der Waals surface area (Å²) in [4.78, 5) is 15.3. The number of nitriles is 2. The van der Waals surface area contributed by atoms with Crippen molar-refractivity contribution in [1.29, 1.82) is 10.5 Å². The van der Waals surface area contributed by atoms with E-state index in [2.05, 4.69) is 137 Å². The molecule has 6 aliphatic carbocycles. The molecule has 9 atom stereocenters. The molecule has 2 heterocycles. The van der Waals surface area contributed by atoms with Crippen LogP contribution < -0.4 is 4.90 Å². The van der Waals surface area contributed by atoms with E-state index in [1.807, 2.05) is 12.3 Å². The molecule has 2 aromatic carbocycles. The molecule has 0 N–H and O–H groups in total. The fraction of sp³-hybridized carbons (Fsp3) is 0.385. The average Bonchev–Trinajstić information content (AvgIpc) is 3.30. The van der Waals surface area contributed by atoms with Crippen molar-refractivity contribution in [2.75, 3.05) is 4.90 Å². The first-order valence-electron chi connectivity index (χ1n) is 21.8. The van der Waals surface area contributed by atoms with E-state index in [9.17, 15) is 10.5 Å². The maximum atomic E-state index is 10.8. The highest BCUT2D eigenvalue weighted by atomic mass is 15.3. The SMILES string of the molecule is N#CC1CC(c2ccccc2)=CC=C1N(c1ccccn1)C1CCC2=C3C1CCC1CCC(N(C4=CC=C(c5ccccc5)CC4C#N)C4CCCC=N4)C(C=C2)C31. The van der Waals surface area contributed by atoms with Gasteiger partial charge >= 0.3 is 0 Å². The van der Waals surface area contributed by atoms with Crippen LogP contribution in [0.5, 0.6) is 0 Å². The molecule has 3 aromatic rings. The zero-order valence-corrected chi connectivity index (χ0v) is 33.3. The monoisotopic (exact) mass is 760 g/mol. The lowest BCUT2D eigenvalue weighted by Crippen LogP contribution is -2.56. The van der Waals surface area contributed by atoms with Crippen LogP contribution in [0.25, 0.3) is 11.1 Å². The summed E-state index contributed by atoms with van der Waals surface area (Å²) in [6.45, 7) is 0. The topological polar surface area (TPSA) is 79.3 Å². The number of hydrogen-bond donors (Lipinski definition) is 0. The lowest BCUT2D eigenvalue weighted by atomic mass is 9.53. The second-order valence-electron chi connectivity index (χ2n) is 17.4. The van der Waals surface area contributed by atoms with Crippen LogP contribution in [0.1, 0.15) is 81.8 Å². The van der Waals surface area contributed by atoms with Gasteiger partial charge in [-0.25, -0.2) is 4.98 Å². The molecule has 2 saturated carbocycles. The largest absolute Gasteiger partial charge is 0.348 e. The third-order valence-corrected chi connectivity index (χ3v) is 14.5. The van der Waals surface area contributed by atoms with Crippen LogP contribution in [-0.2, 0) is 0 Å². The molecule has 10 rings (SSSR count). The van der Waals surface area contributed by atoms with Gasteiger partial charge in [0, 0.05) is 47.7 Å². The first kappa shape index (κ1) is 36.6. The van der Waals surface area contributed by atoms with Gasteiger partial charge in [-0.15, -0.1) is 0 Å². The molecule has 1 aromatic heterocycles. The van der Waals surface area contributed by atoms with E-state index in [0.717, 1.165) is 62.2 Å². The summed E-state index contributed by atoms with van der Waals surface area (Å²) in [5.74, 6) is 2.34. The first-order valence-corrected chi connectivity index (χ1v) is 21.8. The fourth-order valence-corrected chi connectivity index (χ4v) is 12.0. The number of allylic oxidation sites excluding steroid dienone is 10. The molecule has 0 saturated heterocycles. The molecular formula is C52H52N6. The van der Waals surface area contributed by atoms with E-state index in [-0.39, 0.29) is 30.1 Å². The Morgan fingerprint density at radius 1 is 0.672 bits per heavy atom. The highest BCUT2D eigenvalue weighted by molar-refractivity contribution is 5.72. The summed E-state index contributed by atoms with van der Waals surface area (Å²) in [5, 5.41) is 21.6. The molecule has 9 unspecified atom stereocenters. The third kappa shape index (κ3) is 6.57. The fourth-order valence-electron chi connectivity index (χ4n) is 12.0. The molecule has 6 nitrogen and oxygen atoms in total. The number of rotatable bonds is 8. The maximum absolute atomic E-state index is 10.8. The number of hydrogen-bond acceptors (Lipinski definition) is 6. The minimum absolute atomic E-state index is 0.0565. The molecule has 58 heavy (non-hydrogen) atoms. The zero-order valence-electron chi connectivity index (χ0n) is 33.3. The number of benzene rings is 2. The summed E-state index contributed by atoms with van der Waals surface area (Å²) in [6, 6.07) is 33.3. The van der Waals surface area contributed by atoms with Crippen LogP contribution in [0, 0.1) is 58.2 Å². The van der Waals surface area contributed by atoms with Crippen LogP contribution in [0.2, 0.25) is 0 Å².